The second kappa shape index (κ2) is 4.67. The van der Waals surface area contributed by atoms with E-state index in [0.717, 1.165) is 23.8 Å². The highest BCUT2D eigenvalue weighted by Gasteiger charge is 2.12. The number of benzene rings is 2. The highest BCUT2D eigenvalue weighted by atomic mass is 16.3. The first-order valence-electron chi connectivity index (χ1n) is 5.90. The number of hydrogen-bond acceptors (Lipinski definition) is 0. The fraction of sp³-hybridized carbons (Fsp3) is 0.333. The molecule has 1 heteroatoms. The second-order valence-corrected chi connectivity index (χ2v) is 4.25. The van der Waals surface area contributed by atoms with Gasteiger partial charge in [0.25, 0.3) is 0 Å². The summed E-state index contributed by atoms with van der Waals surface area (Å²) in [5.41, 5.74) is 2.20. The van der Waals surface area contributed by atoms with Crippen LogP contribution in [0.25, 0.3) is 10.8 Å². The lowest BCUT2D eigenvalue weighted by molar-refractivity contribution is 0.107. The van der Waals surface area contributed by atoms with E-state index in [1.807, 2.05) is 12.1 Å². The fourth-order valence-corrected chi connectivity index (χ4v) is 2.31. The molecule has 0 spiro atoms. The summed E-state index contributed by atoms with van der Waals surface area (Å²) in [7, 11) is 0. The van der Waals surface area contributed by atoms with Gasteiger partial charge in [-0.15, -0.1) is 0 Å². The van der Waals surface area contributed by atoms with Crippen LogP contribution in [0.2, 0.25) is 0 Å². The van der Waals surface area contributed by atoms with Gasteiger partial charge in [0.15, 0.2) is 0 Å². The maximum atomic E-state index is 11.8. The molecule has 0 fully saturated rings. The molecule has 0 aromatic heterocycles. The molecule has 83 valence electrons. The summed E-state index contributed by atoms with van der Waals surface area (Å²) in [6, 6.07) is 12.4. The van der Waals surface area contributed by atoms with Gasteiger partial charge in [-0.05, 0) is 35.2 Å². The van der Waals surface area contributed by atoms with Gasteiger partial charge in [-0.3, -0.25) is 0 Å². The van der Waals surface area contributed by atoms with E-state index in [9.17, 15) is 5.11 Å². The van der Waals surface area contributed by atoms with Crippen LogP contribution in [0.5, 0.6) is 0 Å². The van der Waals surface area contributed by atoms with Gasteiger partial charge in [-0.1, -0.05) is 49.7 Å². The van der Waals surface area contributed by atoms with Crippen molar-refractivity contribution >= 4 is 10.8 Å². The normalized spacial score (nSPS) is 12.9. The van der Waals surface area contributed by atoms with E-state index in [1.165, 1.54) is 10.9 Å². The molecule has 2 aromatic carbocycles. The number of aryl methyl sites for hydroxylation is 1. The molecular weight excluding hydrogens is 196 g/mol. The van der Waals surface area contributed by atoms with Crippen LogP contribution in [0.1, 0.15) is 37.5 Å². The number of hydrogen-bond donors (Lipinski definition) is 0. The molecule has 2 aromatic rings. The average Bonchev–Trinajstić information content (AvgIpc) is 2.28. The third kappa shape index (κ3) is 1.96. The zero-order valence-corrected chi connectivity index (χ0v) is 9.86. The monoisotopic (exact) mass is 213 g/mol. The molecule has 0 aliphatic heterocycles. The van der Waals surface area contributed by atoms with E-state index in [-0.39, 0.29) is 0 Å². The van der Waals surface area contributed by atoms with Crippen molar-refractivity contribution in [3.05, 3.63) is 47.5 Å². The summed E-state index contributed by atoms with van der Waals surface area (Å²) >= 11 is 0. The van der Waals surface area contributed by atoms with E-state index in [4.69, 9.17) is 0 Å². The van der Waals surface area contributed by atoms with E-state index >= 15 is 0 Å². The van der Waals surface area contributed by atoms with Crippen LogP contribution in [-0.2, 0) is 11.5 Å². The zero-order chi connectivity index (χ0) is 11.5. The molecule has 0 amide bonds. The van der Waals surface area contributed by atoms with E-state index in [2.05, 4.69) is 31.2 Å². The van der Waals surface area contributed by atoms with Crippen molar-refractivity contribution in [3.8, 4) is 0 Å². The lowest BCUT2D eigenvalue weighted by Crippen LogP contribution is -1.98. The molecule has 1 atom stereocenters. The van der Waals surface area contributed by atoms with Crippen LogP contribution in [-0.4, -0.2) is 0 Å². The molecule has 1 nitrogen and oxygen atoms in total. The SMILES string of the molecule is CCCc1ccc2ccccc2c1C(C)[O]. The van der Waals surface area contributed by atoms with Crippen LogP contribution in [0.15, 0.2) is 36.4 Å². The molecule has 0 aliphatic carbocycles. The van der Waals surface area contributed by atoms with Gasteiger partial charge in [0.05, 0.1) is 0 Å². The molecule has 0 saturated carbocycles. The van der Waals surface area contributed by atoms with Gasteiger partial charge < -0.3 is 0 Å². The summed E-state index contributed by atoms with van der Waals surface area (Å²) in [5, 5.41) is 14.1. The largest absolute Gasteiger partial charge is 0.228 e. The molecule has 1 unspecified atom stereocenters. The van der Waals surface area contributed by atoms with Crippen molar-refractivity contribution in [3.63, 3.8) is 0 Å². The van der Waals surface area contributed by atoms with Gasteiger partial charge in [-0.25, -0.2) is 5.11 Å². The maximum Gasteiger partial charge on any atom is 0.116 e. The predicted molar refractivity (Wildman–Crippen MR) is 67.0 cm³/mol. The molecular formula is C15H17O. The Morgan fingerprint density at radius 3 is 2.56 bits per heavy atom. The number of fused-ring (bicyclic) bond motifs is 1. The number of rotatable bonds is 3. The highest BCUT2D eigenvalue weighted by molar-refractivity contribution is 5.87. The highest BCUT2D eigenvalue weighted by Crippen LogP contribution is 2.28. The average molecular weight is 213 g/mol. The quantitative estimate of drug-likeness (QED) is 0.725. The summed E-state index contributed by atoms with van der Waals surface area (Å²) in [6.07, 6.45) is 1.43. The molecule has 2 rings (SSSR count). The second-order valence-electron chi connectivity index (χ2n) is 4.25. The van der Waals surface area contributed by atoms with Crippen molar-refractivity contribution in [1.82, 2.24) is 0 Å². The third-order valence-corrected chi connectivity index (χ3v) is 2.99. The summed E-state index contributed by atoms with van der Waals surface area (Å²) in [6.45, 7) is 3.88. The minimum absolute atomic E-state index is 0.646. The van der Waals surface area contributed by atoms with Gasteiger partial charge >= 0.3 is 0 Å². The lowest BCUT2D eigenvalue weighted by atomic mass is 9.93. The predicted octanol–water partition coefficient (Wildman–Crippen LogP) is 4.28. The third-order valence-electron chi connectivity index (χ3n) is 2.99. The van der Waals surface area contributed by atoms with E-state index < -0.39 is 6.10 Å². The molecule has 0 bridgehead atoms. The maximum absolute atomic E-state index is 11.8. The van der Waals surface area contributed by atoms with Crippen LogP contribution in [0, 0.1) is 0 Å². The first-order chi connectivity index (χ1) is 7.74. The summed E-state index contributed by atoms with van der Waals surface area (Å²) in [4.78, 5) is 0. The van der Waals surface area contributed by atoms with Gasteiger partial charge in [0, 0.05) is 0 Å². The fourth-order valence-electron chi connectivity index (χ4n) is 2.31. The Bertz CT molecular complexity index is 486. The molecule has 0 N–H and O–H groups in total. The molecule has 0 saturated heterocycles. The van der Waals surface area contributed by atoms with Crippen LogP contribution in [0.3, 0.4) is 0 Å². The van der Waals surface area contributed by atoms with Crippen LogP contribution in [0.4, 0.5) is 0 Å². The molecule has 1 radical (unpaired) electrons. The van der Waals surface area contributed by atoms with E-state index in [0.29, 0.717) is 0 Å². The Morgan fingerprint density at radius 2 is 1.88 bits per heavy atom. The van der Waals surface area contributed by atoms with Crippen molar-refractivity contribution in [2.24, 2.45) is 0 Å². The Balaban J connectivity index is 2.69. The molecule has 0 aliphatic rings. The van der Waals surface area contributed by atoms with Crippen molar-refractivity contribution in [2.45, 2.75) is 32.8 Å². The van der Waals surface area contributed by atoms with Gasteiger partial charge in [-0.2, -0.15) is 0 Å². The van der Waals surface area contributed by atoms with Crippen molar-refractivity contribution in [1.29, 1.82) is 0 Å². The Hall–Kier alpha value is -1.34. The Labute approximate surface area is 96.7 Å². The molecule has 16 heavy (non-hydrogen) atoms. The summed E-state index contributed by atoms with van der Waals surface area (Å²) in [5.74, 6) is 0. The van der Waals surface area contributed by atoms with E-state index in [1.54, 1.807) is 6.92 Å². The standard InChI is InChI=1S/C15H17O/c1-3-6-13-10-9-12-7-4-5-8-14(12)15(13)11(2)16/h4-5,7-11H,3,6H2,1-2H3. The Morgan fingerprint density at radius 1 is 1.12 bits per heavy atom. The summed E-state index contributed by atoms with van der Waals surface area (Å²) < 4.78 is 0. The Kier molecular flexibility index (Phi) is 3.25. The van der Waals surface area contributed by atoms with Crippen LogP contribution < -0.4 is 0 Å². The van der Waals surface area contributed by atoms with Crippen LogP contribution >= 0.6 is 0 Å². The first kappa shape index (κ1) is 11.2. The first-order valence-corrected chi connectivity index (χ1v) is 5.90. The zero-order valence-electron chi connectivity index (χ0n) is 9.86. The van der Waals surface area contributed by atoms with Gasteiger partial charge in [0.1, 0.15) is 6.10 Å². The lowest BCUT2D eigenvalue weighted by Gasteiger charge is -2.13. The topological polar surface area (TPSA) is 19.9 Å². The minimum Gasteiger partial charge on any atom is -0.228 e. The smallest absolute Gasteiger partial charge is 0.116 e. The van der Waals surface area contributed by atoms with Crippen molar-refractivity contribution < 1.29 is 5.11 Å². The van der Waals surface area contributed by atoms with Crippen molar-refractivity contribution in [2.75, 3.05) is 0 Å². The van der Waals surface area contributed by atoms with Gasteiger partial charge in [0.2, 0.25) is 0 Å². The minimum atomic E-state index is -0.646. The molecule has 0 heterocycles.